The lowest BCUT2D eigenvalue weighted by Crippen LogP contribution is -2.26. The normalized spacial score (nSPS) is 10.7. The SMILES string of the molecule is O=C(O)CCNC(=O)c1ccc(-c2cc(Cl)ccc2CNc2ccc(-c3ccc(F)c(Cl)c3)cc2)cn1. The summed E-state index contributed by atoms with van der Waals surface area (Å²) in [5, 5.41) is 15.3. The molecule has 0 aliphatic rings. The first kappa shape index (κ1) is 26.1. The van der Waals surface area contributed by atoms with Crippen molar-refractivity contribution >= 4 is 40.8 Å². The van der Waals surface area contributed by atoms with Crippen LogP contribution in [0.1, 0.15) is 22.5 Å². The summed E-state index contributed by atoms with van der Waals surface area (Å²) in [5.74, 6) is -1.88. The highest BCUT2D eigenvalue weighted by Crippen LogP contribution is 2.29. The molecule has 4 aromatic rings. The largest absolute Gasteiger partial charge is 0.481 e. The zero-order valence-corrected chi connectivity index (χ0v) is 21.0. The van der Waals surface area contributed by atoms with Crippen molar-refractivity contribution in [1.29, 1.82) is 0 Å². The number of carboxylic acid groups (broad SMARTS) is 1. The molecule has 1 aromatic heterocycles. The Morgan fingerprint density at radius 1 is 0.892 bits per heavy atom. The van der Waals surface area contributed by atoms with Crippen LogP contribution in [0.4, 0.5) is 10.1 Å². The van der Waals surface area contributed by atoms with Crippen LogP contribution in [0, 0.1) is 5.82 Å². The van der Waals surface area contributed by atoms with Crippen LogP contribution >= 0.6 is 23.2 Å². The first-order valence-corrected chi connectivity index (χ1v) is 12.1. The van der Waals surface area contributed by atoms with Gasteiger partial charge >= 0.3 is 5.97 Å². The number of rotatable bonds is 9. The molecule has 0 saturated carbocycles. The third-order valence-corrected chi connectivity index (χ3v) is 6.15. The lowest BCUT2D eigenvalue weighted by atomic mass is 10.0. The molecule has 0 atom stereocenters. The van der Waals surface area contributed by atoms with Crippen LogP contribution in [0.25, 0.3) is 22.3 Å². The molecule has 3 N–H and O–H groups in total. The van der Waals surface area contributed by atoms with Gasteiger partial charge in [0.25, 0.3) is 5.91 Å². The topological polar surface area (TPSA) is 91.3 Å². The number of halogens is 3. The van der Waals surface area contributed by atoms with Gasteiger partial charge in [-0.05, 0) is 64.7 Å². The molecule has 0 aliphatic heterocycles. The van der Waals surface area contributed by atoms with Gasteiger partial charge in [-0.2, -0.15) is 0 Å². The van der Waals surface area contributed by atoms with Gasteiger partial charge < -0.3 is 15.7 Å². The molecule has 1 heterocycles. The predicted molar refractivity (Wildman–Crippen MR) is 143 cm³/mol. The third kappa shape index (κ3) is 6.84. The summed E-state index contributed by atoms with van der Waals surface area (Å²) in [7, 11) is 0. The number of carboxylic acids is 1. The Bertz CT molecular complexity index is 1430. The van der Waals surface area contributed by atoms with Crippen molar-refractivity contribution in [1.82, 2.24) is 10.3 Å². The zero-order valence-electron chi connectivity index (χ0n) is 19.5. The van der Waals surface area contributed by atoms with Gasteiger partial charge in [-0.25, -0.2) is 4.39 Å². The molecule has 0 aliphatic carbocycles. The number of carbonyl (C=O) groups excluding carboxylic acids is 1. The summed E-state index contributed by atoms with van der Waals surface area (Å²) >= 11 is 12.2. The molecule has 9 heteroatoms. The number of aromatic nitrogens is 1. The molecule has 0 spiro atoms. The Hall–Kier alpha value is -3.94. The fraction of sp³-hybridized carbons (Fsp3) is 0.107. The maximum absolute atomic E-state index is 13.5. The van der Waals surface area contributed by atoms with Gasteiger partial charge in [0.2, 0.25) is 0 Å². The average molecular weight is 538 g/mol. The summed E-state index contributed by atoms with van der Waals surface area (Å²) in [6, 6.07) is 21.3. The van der Waals surface area contributed by atoms with Gasteiger partial charge in [0.15, 0.2) is 0 Å². The number of benzene rings is 3. The van der Waals surface area contributed by atoms with E-state index in [0.717, 1.165) is 33.5 Å². The van der Waals surface area contributed by atoms with E-state index >= 15 is 0 Å². The third-order valence-electron chi connectivity index (χ3n) is 5.62. The Morgan fingerprint density at radius 3 is 2.30 bits per heavy atom. The Labute approximate surface area is 223 Å². The molecule has 37 heavy (non-hydrogen) atoms. The second-order valence-corrected chi connectivity index (χ2v) is 9.04. The number of hydrogen-bond donors (Lipinski definition) is 3. The van der Waals surface area contributed by atoms with Crippen molar-refractivity contribution in [3.05, 3.63) is 106 Å². The van der Waals surface area contributed by atoms with Crippen LogP contribution in [0.3, 0.4) is 0 Å². The van der Waals surface area contributed by atoms with E-state index in [1.54, 1.807) is 36.5 Å². The van der Waals surface area contributed by atoms with Crippen LogP contribution in [0.2, 0.25) is 10.0 Å². The molecular weight excluding hydrogens is 516 g/mol. The van der Waals surface area contributed by atoms with Crippen molar-refractivity contribution in [2.45, 2.75) is 13.0 Å². The van der Waals surface area contributed by atoms with Crippen molar-refractivity contribution in [3.63, 3.8) is 0 Å². The van der Waals surface area contributed by atoms with Gasteiger partial charge in [0, 0.05) is 35.6 Å². The summed E-state index contributed by atoms with van der Waals surface area (Å²) in [4.78, 5) is 27.0. The molecule has 0 bridgehead atoms. The van der Waals surface area contributed by atoms with Crippen molar-refractivity contribution in [2.75, 3.05) is 11.9 Å². The standard InChI is InChI=1S/C28H22Cl2FN3O3/c29-21-6-1-19(15-33-22-7-2-17(3-8-22)18-4-9-25(31)24(30)13-18)23(14-21)20-5-10-26(34-16-20)28(37)32-12-11-27(35)36/h1-10,13-14,16,33H,11-12,15H2,(H,32,37)(H,35,36). The molecule has 188 valence electrons. The lowest BCUT2D eigenvalue weighted by molar-refractivity contribution is -0.136. The fourth-order valence-corrected chi connectivity index (χ4v) is 4.04. The van der Waals surface area contributed by atoms with Gasteiger partial charge in [-0.1, -0.05) is 53.5 Å². The van der Waals surface area contributed by atoms with Crippen molar-refractivity contribution in [2.24, 2.45) is 0 Å². The molecule has 1 amide bonds. The predicted octanol–water partition coefficient (Wildman–Crippen LogP) is 6.68. The van der Waals surface area contributed by atoms with Gasteiger partial charge in [0.05, 0.1) is 11.4 Å². The van der Waals surface area contributed by atoms with E-state index in [4.69, 9.17) is 28.3 Å². The number of nitrogens with one attached hydrogen (secondary N) is 2. The van der Waals surface area contributed by atoms with Gasteiger partial charge in [0.1, 0.15) is 11.5 Å². The summed E-state index contributed by atoms with van der Waals surface area (Å²) in [6.45, 7) is 0.534. The molecule has 0 unspecified atom stereocenters. The van der Waals surface area contributed by atoms with Crippen LogP contribution in [0.5, 0.6) is 0 Å². The molecule has 0 fully saturated rings. The number of amides is 1. The van der Waals surface area contributed by atoms with Crippen LogP contribution < -0.4 is 10.6 Å². The number of hydrogen-bond acceptors (Lipinski definition) is 4. The van der Waals surface area contributed by atoms with E-state index in [-0.39, 0.29) is 23.7 Å². The van der Waals surface area contributed by atoms with E-state index < -0.39 is 17.7 Å². The van der Waals surface area contributed by atoms with E-state index in [9.17, 15) is 14.0 Å². The first-order chi connectivity index (χ1) is 17.8. The molecule has 4 rings (SSSR count). The van der Waals surface area contributed by atoms with E-state index in [2.05, 4.69) is 15.6 Å². The quantitative estimate of drug-likeness (QED) is 0.221. The summed E-state index contributed by atoms with van der Waals surface area (Å²) in [6.07, 6.45) is 1.43. The maximum Gasteiger partial charge on any atom is 0.305 e. The van der Waals surface area contributed by atoms with Crippen molar-refractivity contribution < 1.29 is 19.1 Å². The van der Waals surface area contributed by atoms with Gasteiger partial charge in [-0.15, -0.1) is 0 Å². The lowest BCUT2D eigenvalue weighted by Gasteiger charge is -2.13. The van der Waals surface area contributed by atoms with E-state index in [0.29, 0.717) is 11.6 Å². The Morgan fingerprint density at radius 2 is 1.62 bits per heavy atom. The molecule has 0 radical (unpaired) electrons. The smallest absolute Gasteiger partial charge is 0.305 e. The monoisotopic (exact) mass is 537 g/mol. The zero-order chi connectivity index (χ0) is 26.4. The Balaban J connectivity index is 1.45. The number of aliphatic carboxylic acids is 1. The minimum atomic E-state index is -0.987. The second-order valence-electron chi connectivity index (χ2n) is 8.19. The minimum Gasteiger partial charge on any atom is -0.481 e. The molecular formula is C28H22Cl2FN3O3. The van der Waals surface area contributed by atoms with Crippen LogP contribution in [-0.2, 0) is 11.3 Å². The second kappa shape index (κ2) is 11.9. The van der Waals surface area contributed by atoms with Crippen LogP contribution in [0.15, 0.2) is 79.0 Å². The fourth-order valence-electron chi connectivity index (χ4n) is 3.69. The van der Waals surface area contributed by atoms with E-state index in [1.165, 1.54) is 6.07 Å². The first-order valence-electron chi connectivity index (χ1n) is 11.3. The summed E-state index contributed by atoms with van der Waals surface area (Å²) < 4.78 is 13.5. The maximum atomic E-state index is 13.5. The highest BCUT2D eigenvalue weighted by molar-refractivity contribution is 6.31. The van der Waals surface area contributed by atoms with E-state index in [1.807, 2.05) is 36.4 Å². The number of anilines is 1. The van der Waals surface area contributed by atoms with Crippen molar-refractivity contribution in [3.8, 4) is 22.3 Å². The average Bonchev–Trinajstić information content (AvgIpc) is 2.89. The number of pyridine rings is 1. The highest BCUT2D eigenvalue weighted by atomic mass is 35.5. The number of nitrogens with zero attached hydrogens (tertiary/aromatic N) is 1. The molecule has 0 saturated heterocycles. The molecule has 6 nitrogen and oxygen atoms in total. The summed E-state index contributed by atoms with van der Waals surface area (Å²) in [5.41, 5.74) is 5.44. The molecule has 3 aromatic carbocycles. The van der Waals surface area contributed by atoms with Crippen LogP contribution in [-0.4, -0.2) is 28.5 Å². The Kier molecular flexibility index (Phi) is 8.38. The van der Waals surface area contributed by atoms with Gasteiger partial charge in [-0.3, -0.25) is 14.6 Å². The number of carbonyl (C=O) groups is 2. The minimum absolute atomic E-state index is 0.0281. The highest BCUT2D eigenvalue weighted by Gasteiger charge is 2.11.